The van der Waals surface area contributed by atoms with Crippen molar-refractivity contribution in [2.75, 3.05) is 19.8 Å². The molecule has 0 aliphatic carbocycles. The molecular weight excluding hydrogens is 472 g/mol. The van der Waals surface area contributed by atoms with Gasteiger partial charge in [0.05, 0.1) is 25.7 Å². The normalized spacial score (nSPS) is 14.0. The van der Waals surface area contributed by atoms with Crippen LogP contribution in [0.5, 0.6) is 0 Å². The Kier molecular flexibility index (Phi) is 19.5. The van der Waals surface area contributed by atoms with Crippen molar-refractivity contribution in [2.45, 2.75) is 143 Å². The van der Waals surface area contributed by atoms with Crippen LogP contribution in [0.4, 0.5) is 0 Å². The summed E-state index contributed by atoms with van der Waals surface area (Å²) in [7, 11) is 0. The number of rotatable bonds is 23. The van der Waals surface area contributed by atoms with Crippen LogP contribution in [0.25, 0.3) is 0 Å². The molecule has 0 aromatic heterocycles. The van der Waals surface area contributed by atoms with Gasteiger partial charge in [0.1, 0.15) is 5.41 Å². The molecule has 1 N–H and O–H groups in total. The Labute approximate surface area is 226 Å². The van der Waals surface area contributed by atoms with E-state index in [-0.39, 0.29) is 39.1 Å². The molecule has 0 aliphatic rings. The van der Waals surface area contributed by atoms with Crippen molar-refractivity contribution >= 4 is 17.9 Å². The van der Waals surface area contributed by atoms with Crippen LogP contribution in [0.2, 0.25) is 0 Å². The SMILES string of the molecule is CCCCOC(=O)C(CCCC)C(O)(C(=O)OCCCC)C(CCCC)(CCCC)C(=O)OCCCC. The first-order valence-electron chi connectivity index (χ1n) is 15.0. The van der Waals surface area contributed by atoms with Gasteiger partial charge in [-0.1, -0.05) is 99.3 Å². The number of carbonyl (C=O) groups is 3. The van der Waals surface area contributed by atoms with Crippen LogP contribution in [-0.4, -0.2) is 48.4 Å². The summed E-state index contributed by atoms with van der Waals surface area (Å²) in [4.78, 5) is 41.4. The summed E-state index contributed by atoms with van der Waals surface area (Å²) < 4.78 is 16.9. The number of carbonyl (C=O) groups excluding carboxylic acids is 3. The maximum atomic E-state index is 14.0. The van der Waals surface area contributed by atoms with Gasteiger partial charge < -0.3 is 19.3 Å². The topological polar surface area (TPSA) is 99.1 Å². The molecule has 7 nitrogen and oxygen atoms in total. The summed E-state index contributed by atoms with van der Waals surface area (Å²) >= 11 is 0. The smallest absolute Gasteiger partial charge is 0.340 e. The van der Waals surface area contributed by atoms with Gasteiger partial charge in [0, 0.05) is 0 Å². The minimum Gasteiger partial charge on any atom is -0.465 e. The highest BCUT2D eigenvalue weighted by atomic mass is 16.6. The Balaban J connectivity index is 6.97. The Morgan fingerprint density at radius 3 is 1.43 bits per heavy atom. The maximum Gasteiger partial charge on any atom is 0.340 e. The molecule has 218 valence electrons. The number of unbranched alkanes of at least 4 members (excludes halogenated alkanes) is 6. The van der Waals surface area contributed by atoms with Crippen molar-refractivity contribution < 1.29 is 33.7 Å². The van der Waals surface area contributed by atoms with Crippen molar-refractivity contribution in [1.29, 1.82) is 0 Å². The summed E-state index contributed by atoms with van der Waals surface area (Å²) in [5, 5.41) is 12.6. The minimum absolute atomic E-state index is 0.117. The van der Waals surface area contributed by atoms with E-state index in [2.05, 4.69) is 0 Å². The first-order valence-corrected chi connectivity index (χ1v) is 15.0. The first kappa shape index (κ1) is 35.4. The fourth-order valence-electron chi connectivity index (χ4n) is 4.68. The highest BCUT2D eigenvalue weighted by molar-refractivity contribution is 5.95. The molecule has 0 aromatic rings. The number of aliphatic hydroxyl groups is 1. The second-order valence-electron chi connectivity index (χ2n) is 10.3. The lowest BCUT2D eigenvalue weighted by molar-refractivity contribution is -0.215. The van der Waals surface area contributed by atoms with Crippen LogP contribution in [0.15, 0.2) is 0 Å². The van der Waals surface area contributed by atoms with E-state index in [0.717, 1.165) is 38.5 Å². The zero-order chi connectivity index (χ0) is 28.2. The van der Waals surface area contributed by atoms with E-state index in [0.29, 0.717) is 38.5 Å². The van der Waals surface area contributed by atoms with Crippen LogP contribution < -0.4 is 0 Å². The highest BCUT2D eigenvalue weighted by Crippen LogP contribution is 2.49. The molecule has 0 fully saturated rings. The molecule has 37 heavy (non-hydrogen) atoms. The predicted octanol–water partition coefficient (Wildman–Crippen LogP) is 6.92. The fraction of sp³-hybridized carbons (Fsp3) is 0.900. The lowest BCUT2D eigenvalue weighted by atomic mass is 9.59. The standard InChI is InChI=1S/C30H56O7/c1-7-13-19-25(26(31)35-22-16-10-4)30(34,28(33)37-24-18-12-6)29(20-14-8-2,21-15-9-3)27(32)36-23-17-11-5/h25,34H,7-24H2,1-6H3. The van der Waals surface area contributed by atoms with Crippen molar-refractivity contribution in [3.05, 3.63) is 0 Å². The Hall–Kier alpha value is -1.63. The molecule has 0 saturated heterocycles. The monoisotopic (exact) mass is 528 g/mol. The lowest BCUT2D eigenvalue weighted by Crippen LogP contribution is -2.65. The van der Waals surface area contributed by atoms with Crippen LogP contribution in [-0.2, 0) is 28.6 Å². The molecule has 0 aliphatic heterocycles. The van der Waals surface area contributed by atoms with Gasteiger partial charge >= 0.3 is 17.9 Å². The summed E-state index contributed by atoms with van der Waals surface area (Å²) in [5.41, 5.74) is -3.98. The zero-order valence-corrected chi connectivity index (χ0v) is 24.7. The number of ether oxygens (including phenoxy) is 3. The summed E-state index contributed by atoms with van der Waals surface area (Å²) in [6.45, 7) is 12.5. The molecule has 0 saturated carbocycles. The minimum atomic E-state index is -2.38. The third-order valence-electron chi connectivity index (χ3n) is 7.19. The molecule has 7 heteroatoms. The third kappa shape index (κ3) is 10.6. The molecule has 2 atom stereocenters. The molecular formula is C30H56O7. The third-order valence-corrected chi connectivity index (χ3v) is 7.19. The van der Waals surface area contributed by atoms with Crippen molar-refractivity contribution in [1.82, 2.24) is 0 Å². The van der Waals surface area contributed by atoms with Crippen LogP contribution in [0.3, 0.4) is 0 Å². The van der Waals surface area contributed by atoms with E-state index in [1.165, 1.54) is 0 Å². The van der Waals surface area contributed by atoms with E-state index < -0.39 is 34.8 Å². The van der Waals surface area contributed by atoms with E-state index in [1.54, 1.807) is 0 Å². The largest absolute Gasteiger partial charge is 0.465 e. The van der Waals surface area contributed by atoms with E-state index in [9.17, 15) is 19.5 Å². The summed E-state index contributed by atoms with van der Waals surface area (Å²) in [6, 6.07) is 0. The van der Waals surface area contributed by atoms with Crippen molar-refractivity contribution in [3.8, 4) is 0 Å². The Bertz CT molecular complexity index is 625. The van der Waals surface area contributed by atoms with E-state index in [1.807, 2.05) is 41.5 Å². The van der Waals surface area contributed by atoms with Gasteiger partial charge in [-0.15, -0.1) is 0 Å². The predicted molar refractivity (Wildman–Crippen MR) is 147 cm³/mol. The van der Waals surface area contributed by atoms with Gasteiger partial charge in [-0.3, -0.25) is 9.59 Å². The molecule has 0 radical (unpaired) electrons. The second kappa shape index (κ2) is 20.3. The molecule has 0 amide bonds. The van der Waals surface area contributed by atoms with Gasteiger partial charge in [-0.25, -0.2) is 4.79 Å². The van der Waals surface area contributed by atoms with E-state index >= 15 is 0 Å². The molecule has 0 heterocycles. The Morgan fingerprint density at radius 2 is 1.00 bits per heavy atom. The summed E-state index contributed by atoms with van der Waals surface area (Å²) in [6.07, 6.45) is 9.26. The second-order valence-corrected chi connectivity index (χ2v) is 10.3. The molecule has 0 rings (SSSR count). The zero-order valence-electron chi connectivity index (χ0n) is 24.7. The van der Waals surface area contributed by atoms with Crippen LogP contribution in [0.1, 0.15) is 138 Å². The fourth-order valence-corrected chi connectivity index (χ4v) is 4.68. The highest BCUT2D eigenvalue weighted by Gasteiger charge is 2.66. The van der Waals surface area contributed by atoms with Gasteiger partial charge in [0.2, 0.25) is 0 Å². The molecule has 0 bridgehead atoms. The molecule has 0 aromatic carbocycles. The molecule has 2 unspecified atom stereocenters. The maximum absolute atomic E-state index is 14.0. The van der Waals surface area contributed by atoms with Gasteiger partial charge in [-0.2, -0.15) is 0 Å². The number of hydrogen-bond donors (Lipinski definition) is 1. The average Bonchev–Trinajstić information content (AvgIpc) is 2.89. The number of hydrogen-bond acceptors (Lipinski definition) is 7. The summed E-state index contributed by atoms with van der Waals surface area (Å²) in [5.74, 6) is -3.38. The van der Waals surface area contributed by atoms with Gasteiger partial charge in [0.15, 0.2) is 5.60 Å². The van der Waals surface area contributed by atoms with Crippen LogP contribution >= 0.6 is 0 Å². The number of esters is 3. The average molecular weight is 529 g/mol. The van der Waals surface area contributed by atoms with Crippen LogP contribution in [0, 0.1) is 11.3 Å². The van der Waals surface area contributed by atoms with Crippen molar-refractivity contribution in [3.63, 3.8) is 0 Å². The Morgan fingerprint density at radius 1 is 0.595 bits per heavy atom. The quantitative estimate of drug-likeness (QED) is 0.0873. The first-order chi connectivity index (χ1) is 17.8. The van der Waals surface area contributed by atoms with Gasteiger partial charge in [-0.05, 0) is 38.5 Å². The van der Waals surface area contributed by atoms with E-state index in [4.69, 9.17) is 14.2 Å². The lowest BCUT2D eigenvalue weighted by Gasteiger charge is -2.47. The molecule has 0 spiro atoms. The van der Waals surface area contributed by atoms with Gasteiger partial charge in [0.25, 0.3) is 0 Å². The van der Waals surface area contributed by atoms with Crippen molar-refractivity contribution in [2.24, 2.45) is 11.3 Å².